The van der Waals surface area contributed by atoms with E-state index in [-0.39, 0.29) is 17.4 Å². The van der Waals surface area contributed by atoms with Crippen molar-refractivity contribution in [1.82, 2.24) is 0 Å². The summed E-state index contributed by atoms with van der Waals surface area (Å²) in [7, 11) is 0. The Morgan fingerprint density at radius 1 is 0.630 bits per heavy atom. The first-order chi connectivity index (χ1) is 13.1. The van der Waals surface area contributed by atoms with Crippen molar-refractivity contribution in [1.29, 1.82) is 0 Å². The lowest BCUT2D eigenvalue weighted by molar-refractivity contribution is 0.100. The van der Waals surface area contributed by atoms with Gasteiger partial charge >= 0.3 is 0 Å². The maximum atomic E-state index is 13.5. The summed E-state index contributed by atoms with van der Waals surface area (Å²) in [5, 5.41) is 21.1. The van der Waals surface area contributed by atoms with E-state index in [1.807, 2.05) is 36.4 Å². The van der Waals surface area contributed by atoms with Crippen LogP contribution >= 0.6 is 0 Å². The molecule has 4 aromatic rings. The summed E-state index contributed by atoms with van der Waals surface area (Å²) >= 11 is 0. The fraction of sp³-hybridized carbons (Fsp3) is 0. The summed E-state index contributed by atoms with van der Waals surface area (Å²) in [5.74, 6) is 0.0622. The van der Waals surface area contributed by atoms with Gasteiger partial charge in [-0.2, -0.15) is 0 Å². The van der Waals surface area contributed by atoms with Crippen molar-refractivity contribution in [2.45, 2.75) is 0 Å². The molecule has 4 nitrogen and oxygen atoms in total. The second-order valence-corrected chi connectivity index (χ2v) is 6.20. The highest BCUT2D eigenvalue weighted by Crippen LogP contribution is 2.31. The van der Waals surface area contributed by atoms with E-state index in [1.54, 1.807) is 59.5 Å². The third-order valence-corrected chi connectivity index (χ3v) is 4.44. The van der Waals surface area contributed by atoms with Crippen molar-refractivity contribution in [3.8, 4) is 11.5 Å². The average Bonchev–Trinajstić information content (AvgIpc) is 2.70. The van der Waals surface area contributed by atoms with Crippen LogP contribution in [0.5, 0.6) is 11.5 Å². The Balaban J connectivity index is 1.88. The molecule has 0 bridgehead atoms. The lowest BCUT2D eigenvalue weighted by Crippen LogP contribution is -2.26. The molecule has 0 heterocycles. The van der Waals surface area contributed by atoms with Crippen LogP contribution in [-0.4, -0.2) is 16.1 Å². The second kappa shape index (κ2) is 6.84. The summed E-state index contributed by atoms with van der Waals surface area (Å²) in [4.78, 5) is 15.1. The highest BCUT2D eigenvalue weighted by atomic mass is 16.3. The molecule has 0 fully saturated rings. The van der Waals surface area contributed by atoms with E-state index >= 15 is 0 Å². The van der Waals surface area contributed by atoms with Gasteiger partial charge in [0.15, 0.2) is 0 Å². The summed E-state index contributed by atoms with van der Waals surface area (Å²) in [6.07, 6.45) is 0. The zero-order valence-electron chi connectivity index (χ0n) is 14.4. The van der Waals surface area contributed by atoms with Gasteiger partial charge in [0.05, 0.1) is 0 Å². The molecule has 0 aliphatic carbocycles. The smallest absolute Gasteiger partial charge is 0.263 e. The molecular formula is C23H17NO3. The predicted molar refractivity (Wildman–Crippen MR) is 107 cm³/mol. The Morgan fingerprint density at radius 2 is 1.15 bits per heavy atom. The van der Waals surface area contributed by atoms with Crippen LogP contribution < -0.4 is 4.90 Å². The molecule has 0 unspecified atom stereocenters. The van der Waals surface area contributed by atoms with Gasteiger partial charge in [-0.15, -0.1) is 0 Å². The average molecular weight is 355 g/mol. The van der Waals surface area contributed by atoms with Gasteiger partial charge in [-0.3, -0.25) is 9.69 Å². The minimum absolute atomic E-state index is 0.127. The lowest BCUT2D eigenvalue weighted by Gasteiger charge is -2.24. The Bertz CT molecular complexity index is 1050. The molecule has 0 spiro atoms. The van der Waals surface area contributed by atoms with Crippen molar-refractivity contribution in [3.05, 3.63) is 96.6 Å². The van der Waals surface area contributed by atoms with Gasteiger partial charge in [0.1, 0.15) is 11.5 Å². The summed E-state index contributed by atoms with van der Waals surface area (Å²) in [6, 6.07) is 26.3. The summed E-state index contributed by atoms with van der Waals surface area (Å²) in [6.45, 7) is 0. The maximum absolute atomic E-state index is 13.5. The summed E-state index contributed by atoms with van der Waals surface area (Å²) in [5.41, 5.74) is 1.82. The molecule has 27 heavy (non-hydrogen) atoms. The second-order valence-electron chi connectivity index (χ2n) is 6.20. The van der Waals surface area contributed by atoms with Gasteiger partial charge in [-0.1, -0.05) is 36.4 Å². The van der Waals surface area contributed by atoms with Gasteiger partial charge in [-0.05, 0) is 65.4 Å². The van der Waals surface area contributed by atoms with E-state index in [2.05, 4.69) is 0 Å². The van der Waals surface area contributed by atoms with Crippen LogP contribution in [0.2, 0.25) is 0 Å². The molecule has 0 saturated carbocycles. The number of phenols is 2. The fourth-order valence-electron chi connectivity index (χ4n) is 3.12. The first kappa shape index (κ1) is 16.7. The number of amides is 1. The molecule has 0 saturated heterocycles. The van der Waals surface area contributed by atoms with Crippen LogP contribution in [0.4, 0.5) is 11.4 Å². The monoisotopic (exact) mass is 355 g/mol. The SMILES string of the molecule is O=C(c1cccc2ccccc12)N(c1ccc(O)cc1)c1ccc(O)cc1. The van der Waals surface area contributed by atoms with E-state index in [4.69, 9.17) is 0 Å². The number of benzene rings is 4. The number of rotatable bonds is 3. The third-order valence-electron chi connectivity index (χ3n) is 4.44. The summed E-state index contributed by atoms with van der Waals surface area (Å²) < 4.78 is 0. The van der Waals surface area contributed by atoms with Crippen LogP contribution in [0.1, 0.15) is 10.4 Å². The molecule has 0 aromatic heterocycles. The molecule has 132 valence electrons. The Kier molecular flexibility index (Phi) is 4.22. The Morgan fingerprint density at radius 3 is 1.74 bits per heavy atom. The zero-order valence-corrected chi connectivity index (χ0v) is 14.4. The molecule has 0 radical (unpaired) electrons. The number of hydrogen-bond donors (Lipinski definition) is 2. The maximum Gasteiger partial charge on any atom is 0.263 e. The van der Waals surface area contributed by atoms with Crippen LogP contribution in [0.25, 0.3) is 10.8 Å². The van der Waals surface area contributed by atoms with Gasteiger partial charge in [0.25, 0.3) is 5.91 Å². The normalized spacial score (nSPS) is 10.7. The molecule has 4 rings (SSSR count). The van der Waals surface area contributed by atoms with Gasteiger partial charge in [-0.25, -0.2) is 0 Å². The topological polar surface area (TPSA) is 60.8 Å². The standard InChI is InChI=1S/C23H17NO3/c25-19-12-8-17(9-13-19)24(18-10-14-20(26)15-11-18)23(27)22-7-3-5-16-4-1-2-6-21(16)22/h1-15,25-26H. The minimum atomic E-state index is -0.192. The zero-order chi connectivity index (χ0) is 18.8. The molecule has 4 aromatic carbocycles. The largest absolute Gasteiger partial charge is 0.508 e. The van der Waals surface area contributed by atoms with Gasteiger partial charge in [0, 0.05) is 16.9 Å². The van der Waals surface area contributed by atoms with Crippen molar-refractivity contribution in [2.24, 2.45) is 0 Å². The third kappa shape index (κ3) is 3.20. The van der Waals surface area contributed by atoms with E-state index in [1.165, 1.54) is 0 Å². The van der Waals surface area contributed by atoms with Crippen LogP contribution in [0.15, 0.2) is 91.0 Å². The number of phenolic OH excluding ortho intramolecular Hbond substituents is 2. The van der Waals surface area contributed by atoms with Crippen molar-refractivity contribution in [3.63, 3.8) is 0 Å². The number of aromatic hydroxyl groups is 2. The highest BCUT2D eigenvalue weighted by molar-refractivity contribution is 6.17. The molecule has 2 N–H and O–H groups in total. The van der Waals surface area contributed by atoms with Crippen molar-refractivity contribution < 1.29 is 15.0 Å². The molecule has 0 aliphatic rings. The van der Waals surface area contributed by atoms with E-state index in [0.29, 0.717) is 16.9 Å². The quantitative estimate of drug-likeness (QED) is 0.529. The number of carbonyl (C=O) groups excluding carboxylic acids is 1. The fourth-order valence-corrected chi connectivity index (χ4v) is 3.12. The van der Waals surface area contributed by atoms with E-state index in [0.717, 1.165) is 10.8 Å². The van der Waals surface area contributed by atoms with Crippen LogP contribution in [-0.2, 0) is 0 Å². The van der Waals surface area contributed by atoms with E-state index < -0.39 is 0 Å². The number of anilines is 2. The van der Waals surface area contributed by atoms with Crippen LogP contribution in [0, 0.1) is 0 Å². The first-order valence-electron chi connectivity index (χ1n) is 8.54. The minimum Gasteiger partial charge on any atom is -0.508 e. The number of fused-ring (bicyclic) bond motifs is 1. The Labute approximate surface area is 156 Å². The molecule has 0 aliphatic heterocycles. The number of carbonyl (C=O) groups is 1. The Hall–Kier alpha value is -3.79. The van der Waals surface area contributed by atoms with Crippen LogP contribution in [0.3, 0.4) is 0 Å². The predicted octanol–water partition coefficient (Wildman–Crippen LogP) is 5.23. The van der Waals surface area contributed by atoms with Gasteiger partial charge in [0.2, 0.25) is 0 Å². The lowest BCUT2D eigenvalue weighted by atomic mass is 10.0. The van der Waals surface area contributed by atoms with Crippen molar-refractivity contribution in [2.75, 3.05) is 4.90 Å². The first-order valence-corrected chi connectivity index (χ1v) is 8.54. The highest BCUT2D eigenvalue weighted by Gasteiger charge is 2.21. The molecule has 1 amide bonds. The molecule has 4 heteroatoms. The number of hydrogen-bond acceptors (Lipinski definition) is 3. The number of nitrogens with zero attached hydrogens (tertiary/aromatic N) is 1. The van der Waals surface area contributed by atoms with E-state index in [9.17, 15) is 15.0 Å². The van der Waals surface area contributed by atoms with Crippen molar-refractivity contribution >= 4 is 28.1 Å². The van der Waals surface area contributed by atoms with Gasteiger partial charge < -0.3 is 10.2 Å². The molecular weight excluding hydrogens is 338 g/mol. The molecule has 0 atom stereocenters.